The molecule has 0 aromatic carbocycles. The van der Waals surface area contributed by atoms with Crippen molar-refractivity contribution in [2.24, 2.45) is 29.1 Å². The van der Waals surface area contributed by atoms with E-state index in [2.05, 4.69) is 13.8 Å². The summed E-state index contributed by atoms with van der Waals surface area (Å²) < 4.78 is 0. The van der Waals surface area contributed by atoms with E-state index in [0.717, 1.165) is 23.2 Å². The van der Waals surface area contributed by atoms with Crippen LogP contribution in [0.3, 0.4) is 0 Å². The van der Waals surface area contributed by atoms with Crippen molar-refractivity contribution in [3.05, 3.63) is 0 Å². The van der Waals surface area contributed by atoms with Gasteiger partial charge in [0, 0.05) is 0 Å². The van der Waals surface area contributed by atoms with Crippen LogP contribution in [-0.2, 0) is 0 Å². The lowest BCUT2D eigenvalue weighted by molar-refractivity contribution is -0.318. The zero-order chi connectivity index (χ0) is 6.22. The second-order valence-corrected chi connectivity index (χ2v) is 4.61. The maximum absolute atomic E-state index is 2.51. The fraction of sp³-hybridized carbons (Fsp3) is 1.00. The van der Waals surface area contributed by atoms with Gasteiger partial charge in [-0.05, 0) is 41.9 Å². The summed E-state index contributed by atoms with van der Waals surface area (Å²) in [6, 6.07) is 0. The lowest BCUT2D eigenvalue weighted by atomic mass is 9.25. The van der Waals surface area contributed by atoms with Gasteiger partial charge < -0.3 is 0 Å². The van der Waals surface area contributed by atoms with Crippen LogP contribution in [0.25, 0.3) is 0 Å². The highest BCUT2D eigenvalue weighted by Crippen LogP contribution is 2.80. The van der Waals surface area contributed by atoms with Crippen molar-refractivity contribution in [3.63, 3.8) is 0 Å². The van der Waals surface area contributed by atoms with E-state index in [4.69, 9.17) is 0 Å². The lowest BCUT2D eigenvalue weighted by Gasteiger charge is -2.80. The van der Waals surface area contributed by atoms with Gasteiger partial charge in [0.2, 0.25) is 0 Å². The van der Waals surface area contributed by atoms with Crippen molar-refractivity contribution >= 4 is 0 Å². The van der Waals surface area contributed by atoms with E-state index >= 15 is 0 Å². The molecular formula is C9H14. The molecule has 0 bridgehead atoms. The normalized spacial score (nSPS) is 75.3. The molecule has 0 amide bonds. The van der Waals surface area contributed by atoms with Gasteiger partial charge in [-0.1, -0.05) is 13.8 Å². The first kappa shape index (κ1) is 4.76. The molecule has 0 aliphatic heterocycles. The van der Waals surface area contributed by atoms with E-state index in [1.807, 2.05) is 0 Å². The molecule has 3 fully saturated rings. The Morgan fingerprint density at radius 1 is 1.22 bits per heavy atom. The third-order valence-electron chi connectivity index (χ3n) is 4.82. The molecule has 0 aromatic heterocycles. The third kappa shape index (κ3) is 0.249. The minimum atomic E-state index is 0.888. The SMILES string of the molecule is CC1C2CC3CC1C32C. The molecule has 0 heterocycles. The number of rotatable bonds is 0. The molecule has 0 heteroatoms. The maximum Gasteiger partial charge on any atom is -0.0235 e. The fourth-order valence-corrected chi connectivity index (χ4v) is 4.01. The number of hydrogen-bond acceptors (Lipinski definition) is 0. The van der Waals surface area contributed by atoms with Crippen LogP contribution in [0.15, 0.2) is 0 Å². The highest BCUT2D eigenvalue weighted by molar-refractivity contribution is 5.22. The summed E-state index contributed by atoms with van der Waals surface area (Å²) in [7, 11) is 0. The van der Waals surface area contributed by atoms with E-state index < -0.39 is 0 Å². The average Bonchev–Trinajstić information content (AvgIpc) is 1.89. The van der Waals surface area contributed by atoms with Crippen molar-refractivity contribution in [1.29, 1.82) is 0 Å². The van der Waals surface area contributed by atoms with Crippen LogP contribution in [0, 0.1) is 29.1 Å². The Morgan fingerprint density at radius 2 is 1.78 bits per heavy atom. The summed E-state index contributed by atoms with van der Waals surface area (Å²) in [5, 5.41) is 0. The molecule has 0 aromatic rings. The lowest BCUT2D eigenvalue weighted by Crippen LogP contribution is -2.74. The van der Waals surface area contributed by atoms with Gasteiger partial charge in [-0.3, -0.25) is 0 Å². The van der Waals surface area contributed by atoms with Crippen LogP contribution in [0.2, 0.25) is 0 Å². The van der Waals surface area contributed by atoms with Crippen LogP contribution >= 0.6 is 0 Å². The van der Waals surface area contributed by atoms with Crippen molar-refractivity contribution < 1.29 is 0 Å². The van der Waals surface area contributed by atoms with Gasteiger partial charge in [0.05, 0.1) is 0 Å². The molecule has 2 unspecified atom stereocenters. The summed E-state index contributed by atoms with van der Waals surface area (Å²) >= 11 is 0. The van der Waals surface area contributed by atoms with Crippen LogP contribution < -0.4 is 0 Å². The molecular weight excluding hydrogens is 108 g/mol. The summed E-state index contributed by atoms with van der Waals surface area (Å²) in [6.45, 7) is 4.96. The van der Waals surface area contributed by atoms with Crippen LogP contribution in [0.4, 0.5) is 0 Å². The van der Waals surface area contributed by atoms with Gasteiger partial charge in [-0.15, -0.1) is 0 Å². The Kier molecular flexibility index (Phi) is 0.518. The second-order valence-electron chi connectivity index (χ2n) is 4.61. The van der Waals surface area contributed by atoms with E-state index in [1.165, 1.54) is 5.92 Å². The van der Waals surface area contributed by atoms with Crippen molar-refractivity contribution in [2.45, 2.75) is 26.7 Å². The minimum Gasteiger partial charge on any atom is -0.0619 e. The monoisotopic (exact) mass is 122 g/mol. The first-order valence-corrected chi connectivity index (χ1v) is 4.24. The molecule has 9 heavy (non-hydrogen) atoms. The molecule has 0 N–H and O–H groups in total. The van der Waals surface area contributed by atoms with Crippen molar-refractivity contribution in [1.82, 2.24) is 0 Å². The van der Waals surface area contributed by atoms with Gasteiger partial charge in [-0.2, -0.15) is 0 Å². The Hall–Kier alpha value is 0. The third-order valence-corrected chi connectivity index (χ3v) is 4.82. The predicted octanol–water partition coefficient (Wildman–Crippen LogP) is 2.30. The summed E-state index contributed by atoms with van der Waals surface area (Å²) in [4.78, 5) is 0. The number of hydrogen-bond donors (Lipinski definition) is 0. The molecule has 2 atom stereocenters. The molecule has 50 valence electrons. The Labute approximate surface area is 56.6 Å². The zero-order valence-electron chi connectivity index (χ0n) is 6.22. The first-order chi connectivity index (χ1) is 4.24. The molecule has 3 rings (SSSR count). The summed E-state index contributed by atoms with van der Waals surface area (Å²) in [5.41, 5.74) is 0.888. The van der Waals surface area contributed by atoms with Crippen molar-refractivity contribution in [2.75, 3.05) is 0 Å². The predicted molar refractivity (Wildman–Crippen MR) is 37.0 cm³/mol. The summed E-state index contributed by atoms with van der Waals surface area (Å²) in [5.74, 6) is 4.58. The first-order valence-electron chi connectivity index (χ1n) is 4.24. The highest BCUT2D eigenvalue weighted by atomic mass is 14.8. The van der Waals surface area contributed by atoms with Crippen molar-refractivity contribution in [3.8, 4) is 0 Å². The molecule has 3 saturated carbocycles. The van der Waals surface area contributed by atoms with Crippen LogP contribution in [0.1, 0.15) is 26.7 Å². The molecule has 0 spiro atoms. The average molecular weight is 122 g/mol. The molecule has 3 aliphatic carbocycles. The van der Waals surface area contributed by atoms with E-state index in [0.29, 0.717) is 0 Å². The molecule has 3 aliphatic rings. The van der Waals surface area contributed by atoms with E-state index in [1.54, 1.807) is 12.8 Å². The van der Waals surface area contributed by atoms with E-state index in [-0.39, 0.29) is 0 Å². The van der Waals surface area contributed by atoms with E-state index in [9.17, 15) is 0 Å². The van der Waals surface area contributed by atoms with Crippen LogP contribution in [-0.4, -0.2) is 0 Å². The quantitative estimate of drug-likeness (QED) is 0.462. The minimum absolute atomic E-state index is 0.888. The van der Waals surface area contributed by atoms with Crippen LogP contribution in [0.5, 0.6) is 0 Å². The largest absolute Gasteiger partial charge is 0.0619 e. The van der Waals surface area contributed by atoms with Gasteiger partial charge in [0.1, 0.15) is 0 Å². The van der Waals surface area contributed by atoms with Gasteiger partial charge in [0.25, 0.3) is 0 Å². The second kappa shape index (κ2) is 0.980. The van der Waals surface area contributed by atoms with Gasteiger partial charge >= 0.3 is 0 Å². The molecule has 0 saturated heterocycles. The molecule has 0 nitrogen and oxygen atoms in total. The Bertz CT molecular complexity index is 157. The topological polar surface area (TPSA) is 0 Å². The zero-order valence-corrected chi connectivity index (χ0v) is 6.22. The Morgan fingerprint density at radius 3 is 1.89 bits per heavy atom. The van der Waals surface area contributed by atoms with Gasteiger partial charge in [-0.25, -0.2) is 0 Å². The smallest absolute Gasteiger partial charge is 0.0235 e. The van der Waals surface area contributed by atoms with Gasteiger partial charge in [0.15, 0.2) is 0 Å². The maximum atomic E-state index is 2.51. The fourth-order valence-electron chi connectivity index (χ4n) is 4.01. The Balaban J connectivity index is 1.99. The molecule has 0 radical (unpaired) electrons. The highest BCUT2D eigenvalue weighted by Gasteiger charge is 2.74. The summed E-state index contributed by atoms with van der Waals surface area (Å²) in [6.07, 6.45) is 3.16. The standard InChI is InChI=1S/C9H14/c1-5-7-3-6-4-8(5)9(6,7)2/h5-8H,3-4H2,1-2H3.